The van der Waals surface area contributed by atoms with E-state index in [4.69, 9.17) is 16.3 Å². The summed E-state index contributed by atoms with van der Waals surface area (Å²) in [7, 11) is 0. The van der Waals surface area contributed by atoms with E-state index in [-0.39, 0.29) is 5.91 Å². The molecule has 1 aromatic rings. The first kappa shape index (κ1) is 17.8. The average molecular weight is 312 g/mol. The first-order valence-electron chi connectivity index (χ1n) is 7.78. The van der Waals surface area contributed by atoms with Gasteiger partial charge in [0.1, 0.15) is 5.75 Å². The van der Waals surface area contributed by atoms with Crippen molar-refractivity contribution in [1.29, 1.82) is 0 Å². The van der Waals surface area contributed by atoms with Crippen molar-refractivity contribution in [3.63, 3.8) is 0 Å². The second-order valence-electron chi connectivity index (χ2n) is 5.19. The highest BCUT2D eigenvalue weighted by atomic mass is 35.5. The molecular weight excluding hydrogens is 286 g/mol. The minimum Gasteiger partial charge on any atom is -0.494 e. The second-order valence-corrected chi connectivity index (χ2v) is 5.57. The van der Waals surface area contributed by atoms with Gasteiger partial charge in [-0.15, -0.1) is 11.6 Å². The van der Waals surface area contributed by atoms with E-state index in [1.165, 1.54) is 0 Å². The van der Waals surface area contributed by atoms with Gasteiger partial charge in [-0.25, -0.2) is 0 Å². The van der Waals surface area contributed by atoms with Crippen molar-refractivity contribution >= 4 is 17.5 Å². The Labute approximate surface area is 133 Å². The molecule has 1 aromatic carbocycles. The molecule has 4 heteroatoms. The maximum absolute atomic E-state index is 12.1. The molecule has 1 N–H and O–H groups in total. The van der Waals surface area contributed by atoms with Crippen molar-refractivity contribution in [2.75, 3.05) is 19.0 Å². The Kier molecular flexibility index (Phi) is 8.91. The molecule has 0 radical (unpaired) electrons. The number of halogens is 1. The summed E-state index contributed by atoms with van der Waals surface area (Å²) < 4.78 is 5.58. The van der Waals surface area contributed by atoms with Gasteiger partial charge in [-0.05, 0) is 43.0 Å². The topological polar surface area (TPSA) is 38.3 Å². The van der Waals surface area contributed by atoms with Crippen molar-refractivity contribution < 1.29 is 9.53 Å². The number of ether oxygens (including phenoxy) is 1. The lowest BCUT2D eigenvalue weighted by Gasteiger charge is -2.14. The summed E-state index contributed by atoms with van der Waals surface area (Å²) >= 11 is 5.75. The molecule has 0 aliphatic heterocycles. The minimum absolute atomic E-state index is 0.0388. The van der Waals surface area contributed by atoms with E-state index in [1.54, 1.807) is 12.1 Å². The van der Waals surface area contributed by atoms with E-state index in [0.717, 1.165) is 38.0 Å². The van der Waals surface area contributed by atoms with Gasteiger partial charge in [0.25, 0.3) is 5.91 Å². The van der Waals surface area contributed by atoms with Crippen LogP contribution in [0.2, 0.25) is 0 Å². The number of benzene rings is 1. The molecule has 0 heterocycles. The van der Waals surface area contributed by atoms with Crippen LogP contribution < -0.4 is 10.1 Å². The largest absolute Gasteiger partial charge is 0.494 e. The van der Waals surface area contributed by atoms with Gasteiger partial charge >= 0.3 is 0 Å². The third-order valence-corrected chi connectivity index (χ3v) is 3.75. The van der Waals surface area contributed by atoms with Crippen molar-refractivity contribution in [1.82, 2.24) is 5.32 Å². The summed E-state index contributed by atoms with van der Waals surface area (Å²) in [4.78, 5) is 12.1. The molecule has 0 fully saturated rings. The number of hydrogen-bond acceptors (Lipinski definition) is 2. The van der Waals surface area contributed by atoms with Crippen LogP contribution >= 0.6 is 11.6 Å². The maximum atomic E-state index is 12.1. The van der Waals surface area contributed by atoms with E-state index in [0.29, 0.717) is 23.9 Å². The molecule has 21 heavy (non-hydrogen) atoms. The first-order chi connectivity index (χ1) is 10.2. The predicted molar refractivity (Wildman–Crippen MR) is 88.3 cm³/mol. The number of unbranched alkanes of at least 4 members (excludes halogenated alkanes) is 1. The van der Waals surface area contributed by atoms with E-state index < -0.39 is 0 Å². The van der Waals surface area contributed by atoms with Crippen molar-refractivity contribution in [2.45, 2.75) is 39.5 Å². The lowest BCUT2D eigenvalue weighted by molar-refractivity contribution is 0.0946. The number of alkyl halides is 1. The summed E-state index contributed by atoms with van der Waals surface area (Å²) in [6.45, 7) is 5.64. The first-order valence-corrected chi connectivity index (χ1v) is 8.31. The van der Waals surface area contributed by atoms with Gasteiger partial charge < -0.3 is 10.1 Å². The SMILES string of the molecule is CCCCOc1ccc(C(=O)NCC(CC)CCCl)cc1. The highest BCUT2D eigenvalue weighted by molar-refractivity contribution is 6.17. The van der Waals surface area contributed by atoms with E-state index >= 15 is 0 Å². The van der Waals surface area contributed by atoms with Crippen LogP contribution in [0.15, 0.2) is 24.3 Å². The number of nitrogens with one attached hydrogen (secondary N) is 1. The molecule has 118 valence electrons. The van der Waals surface area contributed by atoms with Gasteiger partial charge in [-0.1, -0.05) is 26.7 Å². The Bertz CT molecular complexity index is 406. The number of amides is 1. The molecule has 0 aliphatic rings. The molecule has 3 nitrogen and oxygen atoms in total. The third kappa shape index (κ3) is 6.85. The fourth-order valence-corrected chi connectivity index (χ4v) is 2.29. The lowest BCUT2D eigenvalue weighted by atomic mass is 10.0. The van der Waals surface area contributed by atoms with Crippen molar-refractivity contribution in [2.24, 2.45) is 5.92 Å². The Balaban J connectivity index is 2.43. The molecule has 1 amide bonds. The van der Waals surface area contributed by atoms with E-state index in [2.05, 4.69) is 19.2 Å². The van der Waals surface area contributed by atoms with Crippen LogP contribution in [0.5, 0.6) is 5.75 Å². The molecule has 1 rings (SSSR count). The molecule has 0 saturated carbocycles. The third-order valence-electron chi connectivity index (χ3n) is 3.53. The van der Waals surface area contributed by atoms with Gasteiger partial charge in [0, 0.05) is 18.0 Å². The average Bonchev–Trinajstić information content (AvgIpc) is 2.52. The molecule has 0 bridgehead atoms. The van der Waals surface area contributed by atoms with Gasteiger partial charge in [0.15, 0.2) is 0 Å². The second kappa shape index (κ2) is 10.5. The van der Waals surface area contributed by atoms with Gasteiger partial charge in [-0.2, -0.15) is 0 Å². The van der Waals surface area contributed by atoms with Gasteiger partial charge in [0.05, 0.1) is 6.61 Å². The highest BCUT2D eigenvalue weighted by Gasteiger charge is 2.09. The zero-order chi connectivity index (χ0) is 15.5. The van der Waals surface area contributed by atoms with Crippen LogP contribution in [0.25, 0.3) is 0 Å². The van der Waals surface area contributed by atoms with Crippen LogP contribution in [0.4, 0.5) is 0 Å². The van der Waals surface area contributed by atoms with Crippen molar-refractivity contribution in [3.05, 3.63) is 29.8 Å². The van der Waals surface area contributed by atoms with Crippen LogP contribution in [0.3, 0.4) is 0 Å². The van der Waals surface area contributed by atoms with Gasteiger partial charge in [-0.3, -0.25) is 4.79 Å². The summed E-state index contributed by atoms with van der Waals surface area (Å²) in [6.07, 6.45) is 4.11. The smallest absolute Gasteiger partial charge is 0.251 e. The normalized spacial score (nSPS) is 12.0. The van der Waals surface area contributed by atoms with Gasteiger partial charge in [0.2, 0.25) is 0 Å². The molecule has 0 aromatic heterocycles. The van der Waals surface area contributed by atoms with Crippen LogP contribution in [-0.4, -0.2) is 24.9 Å². The summed E-state index contributed by atoms with van der Waals surface area (Å²) in [5, 5.41) is 2.97. The minimum atomic E-state index is -0.0388. The fraction of sp³-hybridized carbons (Fsp3) is 0.588. The fourth-order valence-electron chi connectivity index (χ4n) is 1.98. The molecule has 1 unspecified atom stereocenters. The standard InChI is InChI=1S/C17H26ClNO2/c1-3-5-12-21-16-8-6-15(7-9-16)17(20)19-13-14(4-2)10-11-18/h6-9,14H,3-5,10-13H2,1-2H3,(H,19,20). The Hall–Kier alpha value is -1.22. The van der Waals surface area contributed by atoms with Crippen molar-refractivity contribution in [3.8, 4) is 5.75 Å². The van der Waals surface area contributed by atoms with Crippen LogP contribution in [0.1, 0.15) is 49.9 Å². The Morgan fingerprint density at radius 1 is 1.29 bits per heavy atom. The predicted octanol–water partition coefficient (Wildman–Crippen LogP) is 4.25. The summed E-state index contributed by atoms with van der Waals surface area (Å²) in [5.74, 6) is 1.86. The zero-order valence-electron chi connectivity index (χ0n) is 13.0. The quantitative estimate of drug-likeness (QED) is 0.518. The Morgan fingerprint density at radius 3 is 2.57 bits per heavy atom. The van der Waals surface area contributed by atoms with Crippen LogP contribution in [0, 0.1) is 5.92 Å². The van der Waals surface area contributed by atoms with E-state index in [9.17, 15) is 4.79 Å². The Morgan fingerprint density at radius 2 is 2.00 bits per heavy atom. The monoisotopic (exact) mass is 311 g/mol. The van der Waals surface area contributed by atoms with Crippen LogP contribution in [-0.2, 0) is 0 Å². The maximum Gasteiger partial charge on any atom is 0.251 e. The summed E-state index contributed by atoms with van der Waals surface area (Å²) in [6, 6.07) is 7.31. The molecule has 0 spiro atoms. The number of carbonyl (C=O) groups excluding carboxylic acids is 1. The zero-order valence-corrected chi connectivity index (χ0v) is 13.8. The highest BCUT2D eigenvalue weighted by Crippen LogP contribution is 2.13. The number of rotatable bonds is 10. The summed E-state index contributed by atoms with van der Waals surface area (Å²) in [5.41, 5.74) is 0.665. The lowest BCUT2D eigenvalue weighted by Crippen LogP contribution is -2.29. The number of carbonyl (C=O) groups is 1. The molecule has 1 atom stereocenters. The molecule has 0 aliphatic carbocycles. The van der Waals surface area contributed by atoms with E-state index in [1.807, 2.05) is 12.1 Å². The molecule has 0 saturated heterocycles. The molecular formula is C17H26ClNO2. The number of hydrogen-bond donors (Lipinski definition) is 1.